The molecule has 0 atom stereocenters. The van der Waals surface area contributed by atoms with Crippen LogP contribution in [0.1, 0.15) is 21.7 Å². The van der Waals surface area contributed by atoms with E-state index < -0.39 is 0 Å². The van der Waals surface area contributed by atoms with E-state index in [0.717, 1.165) is 21.2 Å². The number of nitrogens with one attached hydrogen (secondary N) is 2. The molecule has 2 aromatic carbocycles. The third kappa shape index (κ3) is 6.18. The Bertz CT molecular complexity index is 910. The van der Waals surface area contributed by atoms with Crippen molar-refractivity contribution < 1.29 is 14.0 Å². The van der Waals surface area contributed by atoms with Crippen molar-refractivity contribution >= 4 is 35.2 Å². The maximum atomic E-state index is 12.2. The minimum atomic E-state index is -0.287. The average molecular weight is 415 g/mol. The number of carbonyl (C=O) groups excluding carboxylic acids is 2. The van der Waals surface area contributed by atoms with Crippen molar-refractivity contribution in [1.82, 2.24) is 10.6 Å². The zero-order valence-corrected chi connectivity index (χ0v) is 16.6. The van der Waals surface area contributed by atoms with Gasteiger partial charge in [-0.25, -0.2) is 0 Å². The van der Waals surface area contributed by atoms with Gasteiger partial charge in [-0.3, -0.25) is 9.59 Å². The van der Waals surface area contributed by atoms with Crippen molar-refractivity contribution in [3.05, 3.63) is 88.8 Å². The van der Waals surface area contributed by atoms with Crippen LogP contribution in [0.25, 0.3) is 0 Å². The molecule has 0 spiro atoms. The molecule has 0 unspecified atom stereocenters. The molecule has 0 bridgehead atoms. The molecule has 3 rings (SSSR count). The Balaban J connectivity index is 1.42. The second kappa shape index (κ2) is 10.0. The normalized spacial score (nSPS) is 10.5. The minimum Gasteiger partial charge on any atom is -0.467 e. The number of halogens is 1. The molecular weight excluding hydrogens is 396 g/mol. The van der Waals surface area contributed by atoms with Crippen LogP contribution in [0.2, 0.25) is 5.02 Å². The lowest BCUT2D eigenvalue weighted by molar-refractivity contribution is -0.120. The highest BCUT2D eigenvalue weighted by atomic mass is 35.5. The van der Waals surface area contributed by atoms with Crippen molar-refractivity contribution in [2.75, 3.05) is 6.54 Å². The van der Waals surface area contributed by atoms with Crippen molar-refractivity contribution in [3.8, 4) is 0 Å². The van der Waals surface area contributed by atoms with Gasteiger partial charge in [-0.1, -0.05) is 23.7 Å². The first-order valence-electron chi connectivity index (χ1n) is 8.65. The van der Waals surface area contributed by atoms with Crippen molar-refractivity contribution in [3.63, 3.8) is 0 Å². The number of hydrogen-bond donors (Lipinski definition) is 2. The number of thioether (sulfide) groups is 1. The third-order valence-electron chi connectivity index (χ3n) is 3.88. The number of hydrogen-bond acceptors (Lipinski definition) is 4. The summed E-state index contributed by atoms with van der Waals surface area (Å²) >= 11 is 7.58. The summed E-state index contributed by atoms with van der Waals surface area (Å²) in [4.78, 5) is 25.1. The molecule has 1 heterocycles. The van der Waals surface area contributed by atoms with Gasteiger partial charge in [-0.2, -0.15) is 0 Å². The molecular formula is C21H19ClN2O3S. The van der Waals surface area contributed by atoms with E-state index in [1.54, 1.807) is 42.3 Å². The maximum absolute atomic E-state index is 12.2. The van der Waals surface area contributed by atoms with Crippen molar-refractivity contribution in [1.29, 1.82) is 0 Å². The fourth-order valence-electron chi connectivity index (χ4n) is 2.37. The highest BCUT2D eigenvalue weighted by molar-refractivity contribution is 7.98. The maximum Gasteiger partial charge on any atom is 0.251 e. The highest BCUT2D eigenvalue weighted by Crippen LogP contribution is 2.24. The van der Waals surface area contributed by atoms with E-state index in [-0.39, 0.29) is 18.4 Å². The Morgan fingerprint density at radius 1 is 0.964 bits per heavy atom. The zero-order valence-electron chi connectivity index (χ0n) is 15.0. The third-order valence-corrected chi connectivity index (χ3v) is 5.22. The average Bonchev–Trinajstić information content (AvgIpc) is 3.24. The summed E-state index contributed by atoms with van der Waals surface area (Å²) in [5.41, 5.74) is 1.62. The Labute approximate surface area is 172 Å². The molecule has 3 aromatic rings. The topological polar surface area (TPSA) is 71.3 Å². The summed E-state index contributed by atoms with van der Waals surface area (Å²) in [6, 6.07) is 18.5. The summed E-state index contributed by atoms with van der Waals surface area (Å²) in [6.07, 6.45) is 1.54. The van der Waals surface area contributed by atoms with E-state index in [9.17, 15) is 9.59 Å². The number of benzene rings is 2. The number of amides is 2. The standard InChI is InChI=1S/C21H19ClN2O3S/c22-17-7-9-19(10-8-17)28-14-15-3-5-16(6-4-15)21(26)24-13-20(25)23-12-18-2-1-11-27-18/h1-11H,12-14H2,(H,23,25)(H,24,26). The predicted octanol–water partition coefficient (Wildman–Crippen LogP) is 4.27. The van der Waals surface area contributed by atoms with Gasteiger partial charge in [0.2, 0.25) is 5.91 Å². The molecule has 1 aromatic heterocycles. The fourth-order valence-corrected chi connectivity index (χ4v) is 3.35. The molecule has 5 nitrogen and oxygen atoms in total. The summed E-state index contributed by atoms with van der Waals surface area (Å²) < 4.78 is 5.13. The van der Waals surface area contributed by atoms with E-state index >= 15 is 0 Å². The van der Waals surface area contributed by atoms with E-state index in [2.05, 4.69) is 10.6 Å². The Hall–Kier alpha value is -2.70. The predicted molar refractivity (Wildman–Crippen MR) is 110 cm³/mol. The highest BCUT2D eigenvalue weighted by Gasteiger charge is 2.08. The molecule has 2 N–H and O–H groups in total. The van der Waals surface area contributed by atoms with Crippen LogP contribution >= 0.6 is 23.4 Å². The van der Waals surface area contributed by atoms with Crippen LogP contribution in [-0.4, -0.2) is 18.4 Å². The molecule has 0 aliphatic carbocycles. The lowest BCUT2D eigenvalue weighted by atomic mass is 10.1. The molecule has 144 valence electrons. The molecule has 0 aliphatic heterocycles. The Morgan fingerprint density at radius 2 is 1.71 bits per heavy atom. The number of carbonyl (C=O) groups is 2. The monoisotopic (exact) mass is 414 g/mol. The van der Waals surface area contributed by atoms with Gasteiger partial charge in [0.1, 0.15) is 5.76 Å². The SMILES string of the molecule is O=C(CNC(=O)c1ccc(CSc2ccc(Cl)cc2)cc1)NCc1ccco1. The summed E-state index contributed by atoms with van der Waals surface area (Å²) in [5.74, 6) is 0.885. The minimum absolute atomic E-state index is 0.0896. The second-order valence-electron chi connectivity index (χ2n) is 5.98. The van der Waals surface area contributed by atoms with Gasteiger partial charge >= 0.3 is 0 Å². The van der Waals surface area contributed by atoms with E-state index in [0.29, 0.717) is 17.9 Å². The number of rotatable bonds is 8. The van der Waals surface area contributed by atoms with Crippen molar-refractivity contribution in [2.24, 2.45) is 0 Å². The van der Waals surface area contributed by atoms with Crippen LogP contribution in [0.15, 0.2) is 76.2 Å². The van der Waals surface area contributed by atoms with Gasteiger partial charge in [0.05, 0.1) is 19.4 Å². The van der Waals surface area contributed by atoms with E-state index in [4.69, 9.17) is 16.0 Å². The molecule has 0 saturated heterocycles. The molecule has 0 aliphatic rings. The molecule has 7 heteroatoms. The molecule has 0 radical (unpaired) electrons. The van der Waals surface area contributed by atoms with Gasteiger partial charge in [-0.05, 0) is 54.1 Å². The quantitative estimate of drug-likeness (QED) is 0.540. The van der Waals surface area contributed by atoms with Crippen LogP contribution in [0.5, 0.6) is 0 Å². The van der Waals surface area contributed by atoms with Crippen LogP contribution < -0.4 is 10.6 Å². The van der Waals surface area contributed by atoms with Crippen molar-refractivity contribution in [2.45, 2.75) is 17.2 Å². The largest absolute Gasteiger partial charge is 0.467 e. The first-order chi connectivity index (χ1) is 13.6. The van der Waals surface area contributed by atoms with Crippen LogP contribution in [0.3, 0.4) is 0 Å². The van der Waals surface area contributed by atoms with Gasteiger partial charge in [-0.15, -0.1) is 11.8 Å². The summed E-state index contributed by atoms with van der Waals surface area (Å²) in [5, 5.41) is 6.01. The smallest absolute Gasteiger partial charge is 0.251 e. The first kappa shape index (κ1) is 20.0. The Morgan fingerprint density at radius 3 is 2.39 bits per heavy atom. The molecule has 0 saturated carbocycles. The van der Waals surface area contributed by atoms with Crippen LogP contribution in [0.4, 0.5) is 0 Å². The molecule has 28 heavy (non-hydrogen) atoms. The zero-order chi connectivity index (χ0) is 19.8. The van der Waals surface area contributed by atoms with E-state index in [1.807, 2.05) is 36.4 Å². The Kier molecular flexibility index (Phi) is 7.17. The summed E-state index contributed by atoms with van der Waals surface area (Å²) in [6.45, 7) is 0.204. The van der Waals surface area contributed by atoms with Gasteiger partial charge in [0.15, 0.2) is 0 Å². The first-order valence-corrected chi connectivity index (χ1v) is 10.0. The fraction of sp³-hybridized carbons (Fsp3) is 0.143. The van der Waals surface area contributed by atoms with E-state index in [1.165, 1.54) is 0 Å². The van der Waals surface area contributed by atoms with Gasteiger partial charge in [0.25, 0.3) is 5.91 Å². The number of furan rings is 1. The summed E-state index contributed by atoms with van der Waals surface area (Å²) in [7, 11) is 0. The lowest BCUT2D eigenvalue weighted by Crippen LogP contribution is -2.36. The van der Waals surface area contributed by atoms with Gasteiger partial charge in [0, 0.05) is 21.2 Å². The molecule has 2 amide bonds. The van der Waals surface area contributed by atoms with Crippen LogP contribution in [-0.2, 0) is 17.1 Å². The lowest BCUT2D eigenvalue weighted by Gasteiger charge is -2.07. The van der Waals surface area contributed by atoms with Crippen LogP contribution in [0, 0.1) is 0 Å². The second-order valence-corrected chi connectivity index (χ2v) is 7.46. The molecule has 0 fully saturated rings. The van der Waals surface area contributed by atoms with Gasteiger partial charge < -0.3 is 15.1 Å².